The van der Waals surface area contributed by atoms with Crippen molar-refractivity contribution in [3.05, 3.63) is 0 Å². The predicted molar refractivity (Wildman–Crippen MR) is 46.6 cm³/mol. The van der Waals surface area contributed by atoms with E-state index >= 15 is 0 Å². The topological polar surface area (TPSA) is 55.4 Å². The number of amides is 1. The molecule has 0 aromatic rings. The van der Waals surface area contributed by atoms with Gasteiger partial charge in [-0.15, -0.1) is 0 Å². The molecule has 0 bridgehead atoms. The minimum absolute atomic E-state index is 0. The van der Waals surface area contributed by atoms with Gasteiger partial charge in [0.05, 0.1) is 0 Å². The summed E-state index contributed by atoms with van der Waals surface area (Å²) in [5.74, 6) is -0.730. The van der Waals surface area contributed by atoms with Crippen LogP contribution in [0.2, 0.25) is 0 Å². The van der Waals surface area contributed by atoms with Crippen LogP contribution in [-0.4, -0.2) is 24.0 Å². The molecule has 0 aromatic carbocycles. The number of hydrogen-bond donors (Lipinski definition) is 1. The zero-order chi connectivity index (χ0) is 9.78. The SMILES string of the molecule is CCNC(=O)C(C)(C)OC(C)=O.[HH]. The maximum absolute atomic E-state index is 11.2. The van der Waals surface area contributed by atoms with E-state index in [4.69, 9.17) is 4.74 Å². The fourth-order valence-electron chi connectivity index (χ4n) is 0.779. The first-order chi connectivity index (χ1) is 5.40. The molecule has 1 amide bonds. The van der Waals surface area contributed by atoms with Gasteiger partial charge in [0.2, 0.25) is 0 Å². The first-order valence-corrected chi connectivity index (χ1v) is 3.88. The molecule has 0 heterocycles. The molecule has 0 saturated carbocycles. The summed E-state index contributed by atoms with van der Waals surface area (Å²) < 4.78 is 4.80. The molecule has 72 valence electrons. The van der Waals surface area contributed by atoms with E-state index in [0.29, 0.717) is 6.54 Å². The third-order valence-electron chi connectivity index (χ3n) is 1.28. The van der Waals surface area contributed by atoms with Gasteiger partial charge in [-0.1, -0.05) is 0 Å². The van der Waals surface area contributed by atoms with Crippen LogP contribution in [0.5, 0.6) is 0 Å². The quantitative estimate of drug-likeness (QED) is 0.643. The van der Waals surface area contributed by atoms with Gasteiger partial charge >= 0.3 is 5.97 Å². The van der Waals surface area contributed by atoms with Crippen molar-refractivity contribution in [2.45, 2.75) is 33.3 Å². The van der Waals surface area contributed by atoms with Crippen molar-refractivity contribution in [2.75, 3.05) is 6.54 Å². The molecule has 4 nitrogen and oxygen atoms in total. The molecule has 0 unspecified atom stereocenters. The van der Waals surface area contributed by atoms with Crippen molar-refractivity contribution >= 4 is 11.9 Å². The number of carbonyl (C=O) groups excluding carboxylic acids is 2. The smallest absolute Gasteiger partial charge is 0.303 e. The molecule has 0 aliphatic rings. The van der Waals surface area contributed by atoms with Crippen LogP contribution < -0.4 is 5.32 Å². The number of carbonyl (C=O) groups is 2. The Morgan fingerprint density at radius 3 is 2.33 bits per heavy atom. The van der Waals surface area contributed by atoms with Crippen LogP contribution in [-0.2, 0) is 14.3 Å². The van der Waals surface area contributed by atoms with Gasteiger partial charge in [0.25, 0.3) is 5.91 Å². The molecule has 0 aromatic heterocycles. The number of ether oxygens (including phenoxy) is 1. The first kappa shape index (κ1) is 10.9. The molecule has 4 heteroatoms. The molecule has 0 rings (SSSR count). The number of hydrogen-bond acceptors (Lipinski definition) is 3. The molecule has 0 atom stereocenters. The molecule has 0 spiro atoms. The second kappa shape index (κ2) is 4.09. The fourth-order valence-corrected chi connectivity index (χ4v) is 0.779. The second-order valence-electron chi connectivity index (χ2n) is 2.96. The van der Waals surface area contributed by atoms with E-state index in [9.17, 15) is 9.59 Å². The van der Waals surface area contributed by atoms with Gasteiger partial charge < -0.3 is 10.1 Å². The van der Waals surface area contributed by atoms with Crippen molar-refractivity contribution in [1.29, 1.82) is 0 Å². The lowest BCUT2D eigenvalue weighted by Crippen LogP contribution is -2.45. The zero-order valence-electron chi connectivity index (χ0n) is 7.93. The van der Waals surface area contributed by atoms with Crippen LogP contribution in [0.25, 0.3) is 0 Å². The summed E-state index contributed by atoms with van der Waals surface area (Å²) in [6.45, 7) is 6.73. The van der Waals surface area contributed by atoms with Crippen molar-refractivity contribution in [2.24, 2.45) is 0 Å². The van der Waals surface area contributed by atoms with Crippen LogP contribution in [0, 0.1) is 0 Å². The van der Waals surface area contributed by atoms with Crippen LogP contribution >= 0.6 is 0 Å². The summed E-state index contributed by atoms with van der Waals surface area (Å²) >= 11 is 0. The lowest BCUT2D eigenvalue weighted by atomic mass is 10.1. The Bertz CT molecular complexity index is 192. The highest BCUT2D eigenvalue weighted by molar-refractivity contribution is 5.86. The van der Waals surface area contributed by atoms with Gasteiger partial charge in [-0.25, -0.2) is 0 Å². The maximum atomic E-state index is 11.2. The Hall–Kier alpha value is -1.06. The molecule has 0 saturated heterocycles. The minimum Gasteiger partial charge on any atom is -0.450 e. The molecular formula is C8H17NO3. The highest BCUT2D eigenvalue weighted by Gasteiger charge is 2.29. The third kappa shape index (κ3) is 3.37. The Morgan fingerprint density at radius 2 is 2.00 bits per heavy atom. The van der Waals surface area contributed by atoms with Crippen LogP contribution in [0.4, 0.5) is 0 Å². The van der Waals surface area contributed by atoms with Gasteiger partial charge in [-0.05, 0) is 20.8 Å². The predicted octanol–water partition coefficient (Wildman–Crippen LogP) is 0.710. The van der Waals surface area contributed by atoms with Gasteiger partial charge in [0.1, 0.15) is 0 Å². The monoisotopic (exact) mass is 175 g/mol. The van der Waals surface area contributed by atoms with E-state index in [1.165, 1.54) is 6.92 Å². The maximum Gasteiger partial charge on any atom is 0.303 e. The van der Waals surface area contributed by atoms with E-state index in [0.717, 1.165) is 0 Å². The standard InChI is InChI=1S/C8H15NO3.H2/c1-5-9-7(11)8(3,4)12-6(2)10;/h5H2,1-4H3,(H,9,11);1H. The van der Waals surface area contributed by atoms with Crippen LogP contribution in [0.1, 0.15) is 29.1 Å². The van der Waals surface area contributed by atoms with E-state index in [2.05, 4.69) is 5.32 Å². The normalized spacial score (nSPS) is 10.7. The van der Waals surface area contributed by atoms with E-state index in [-0.39, 0.29) is 7.33 Å². The van der Waals surface area contributed by atoms with E-state index < -0.39 is 11.6 Å². The first-order valence-electron chi connectivity index (χ1n) is 3.88. The largest absolute Gasteiger partial charge is 0.450 e. The van der Waals surface area contributed by atoms with Crippen LogP contribution in [0.3, 0.4) is 0 Å². The van der Waals surface area contributed by atoms with E-state index in [1.807, 2.05) is 6.92 Å². The van der Waals surface area contributed by atoms with Crippen molar-refractivity contribution in [3.63, 3.8) is 0 Å². The van der Waals surface area contributed by atoms with Crippen molar-refractivity contribution in [3.8, 4) is 0 Å². The van der Waals surface area contributed by atoms with Gasteiger partial charge in [0.15, 0.2) is 5.60 Å². The fraction of sp³-hybridized carbons (Fsp3) is 0.750. The summed E-state index contributed by atoms with van der Waals surface area (Å²) in [6.07, 6.45) is 0. The molecular weight excluding hydrogens is 158 g/mol. The average molecular weight is 175 g/mol. The van der Waals surface area contributed by atoms with E-state index in [1.54, 1.807) is 13.8 Å². The summed E-state index contributed by atoms with van der Waals surface area (Å²) in [4.78, 5) is 21.8. The molecule has 0 aliphatic carbocycles. The number of esters is 1. The van der Waals surface area contributed by atoms with Gasteiger partial charge in [-0.3, -0.25) is 9.59 Å². The van der Waals surface area contributed by atoms with Crippen molar-refractivity contribution in [1.82, 2.24) is 5.32 Å². The highest BCUT2D eigenvalue weighted by atomic mass is 16.6. The summed E-state index contributed by atoms with van der Waals surface area (Å²) in [7, 11) is 0. The Labute approximate surface area is 73.8 Å². The lowest BCUT2D eigenvalue weighted by Gasteiger charge is -2.22. The second-order valence-corrected chi connectivity index (χ2v) is 2.96. The van der Waals surface area contributed by atoms with Gasteiger partial charge in [-0.2, -0.15) is 0 Å². The average Bonchev–Trinajstić information content (AvgIpc) is 1.85. The van der Waals surface area contributed by atoms with Crippen molar-refractivity contribution < 1.29 is 15.8 Å². The molecule has 0 aliphatic heterocycles. The Balaban J connectivity index is 0. The molecule has 12 heavy (non-hydrogen) atoms. The minimum atomic E-state index is -1.07. The van der Waals surface area contributed by atoms with Crippen LogP contribution in [0.15, 0.2) is 0 Å². The molecule has 1 N–H and O–H groups in total. The lowest BCUT2D eigenvalue weighted by molar-refractivity contribution is -0.162. The Kier molecular flexibility index (Phi) is 3.73. The van der Waals surface area contributed by atoms with Gasteiger partial charge in [0, 0.05) is 14.9 Å². The third-order valence-corrected chi connectivity index (χ3v) is 1.28. The number of likely N-dealkylation sites (N-methyl/N-ethyl adjacent to an activating group) is 1. The number of nitrogens with one attached hydrogen (secondary N) is 1. The molecule has 0 radical (unpaired) electrons. The number of rotatable bonds is 3. The highest BCUT2D eigenvalue weighted by Crippen LogP contribution is 2.08. The zero-order valence-corrected chi connectivity index (χ0v) is 7.93. The Morgan fingerprint density at radius 1 is 1.50 bits per heavy atom. The summed E-state index contributed by atoms with van der Waals surface area (Å²) in [5, 5.41) is 2.58. The summed E-state index contributed by atoms with van der Waals surface area (Å²) in [5.41, 5.74) is -1.07. The summed E-state index contributed by atoms with van der Waals surface area (Å²) in [6, 6.07) is 0. The molecule has 0 fully saturated rings.